The van der Waals surface area contributed by atoms with Gasteiger partial charge in [0.15, 0.2) is 11.5 Å². The molecule has 4 heterocycles. The summed E-state index contributed by atoms with van der Waals surface area (Å²) in [5.74, 6) is 7.35. The van der Waals surface area contributed by atoms with E-state index < -0.39 is 52.7 Å². The monoisotopic (exact) mass is 1230 g/mol. The number of nitrogens with one attached hydrogen (secondary N) is 3. The minimum atomic E-state index is -1.21. The Balaban J connectivity index is 0.999. The van der Waals surface area contributed by atoms with Crippen LogP contribution in [0.5, 0.6) is 17.2 Å². The van der Waals surface area contributed by atoms with Gasteiger partial charge in [0, 0.05) is 97.0 Å². The molecule has 3 saturated carbocycles. The zero-order chi connectivity index (χ0) is 60.4. The highest BCUT2D eigenvalue weighted by Gasteiger charge is 2.61. The number of carbonyl (C=O) groups is 3. The molecule has 9 aliphatic rings. The van der Waals surface area contributed by atoms with Crippen LogP contribution in [0.15, 0.2) is 36.4 Å². The van der Waals surface area contributed by atoms with Crippen molar-refractivity contribution in [3.63, 3.8) is 0 Å². The van der Waals surface area contributed by atoms with Crippen LogP contribution in [-0.2, 0) is 23.9 Å². The Morgan fingerprint density at radius 1 is 0.872 bits per heavy atom. The molecule has 0 aromatic heterocycles. The smallest absolute Gasteiger partial charge is 0.332 e. The molecule has 15 nitrogen and oxygen atoms in total. The van der Waals surface area contributed by atoms with Crippen LogP contribution >= 0.6 is 21.6 Å². The number of rotatable bonds is 12. The van der Waals surface area contributed by atoms with Crippen molar-refractivity contribution in [2.75, 3.05) is 51.0 Å². The Hall–Kier alpha value is -3.73. The number of phenols is 2. The average Bonchev–Trinajstić information content (AvgIpc) is 0.897. The second-order valence-corrected chi connectivity index (χ2v) is 31.5. The number of aliphatic hydroxyl groups excluding tert-OH is 3. The van der Waals surface area contributed by atoms with Crippen molar-refractivity contribution in [1.29, 1.82) is 0 Å². The summed E-state index contributed by atoms with van der Waals surface area (Å²) >= 11 is 0. The van der Waals surface area contributed by atoms with Crippen molar-refractivity contribution < 1.29 is 59.2 Å². The summed E-state index contributed by atoms with van der Waals surface area (Å²) in [5.41, 5.74) is -0.342. The van der Waals surface area contributed by atoms with Crippen molar-refractivity contribution in [3.8, 4) is 29.1 Å². The molecular formula is C69H99N3O12S2. The van der Waals surface area contributed by atoms with Gasteiger partial charge in [0.25, 0.3) is 0 Å². The molecule has 0 bridgehead atoms. The van der Waals surface area contributed by atoms with E-state index in [2.05, 4.69) is 40.8 Å². The van der Waals surface area contributed by atoms with Crippen LogP contribution in [0.3, 0.4) is 0 Å². The van der Waals surface area contributed by atoms with Crippen molar-refractivity contribution in [2.45, 2.75) is 222 Å². The Morgan fingerprint density at radius 3 is 2.41 bits per heavy atom. The third-order valence-electron chi connectivity index (χ3n) is 23.4. The van der Waals surface area contributed by atoms with E-state index >= 15 is 4.79 Å². The van der Waals surface area contributed by atoms with Gasteiger partial charge in [0.05, 0.1) is 18.3 Å². The fourth-order valence-corrected chi connectivity index (χ4v) is 21.8. The third kappa shape index (κ3) is 13.2. The molecule has 2 aromatic carbocycles. The molecule has 1 spiro atoms. The highest BCUT2D eigenvalue weighted by Crippen LogP contribution is 2.65. The lowest BCUT2D eigenvalue weighted by atomic mass is 9.51. The van der Waals surface area contributed by atoms with Crippen LogP contribution < -0.4 is 20.7 Å². The van der Waals surface area contributed by atoms with Crippen molar-refractivity contribution in [3.05, 3.63) is 53.1 Å². The van der Waals surface area contributed by atoms with Gasteiger partial charge < -0.3 is 60.8 Å². The van der Waals surface area contributed by atoms with E-state index in [0.29, 0.717) is 108 Å². The summed E-state index contributed by atoms with van der Waals surface area (Å²) in [6.45, 7) is 8.13. The number of amides is 1. The molecule has 6 fully saturated rings. The lowest BCUT2D eigenvalue weighted by molar-refractivity contribution is -0.183. The van der Waals surface area contributed by atoms with E-state index in [1.165, 1.54) is 12.5 Å². The van der Waals surface area contributed by atoms with Gasteiger partial charge in [-0.25, -0.2) is 4.79 Å². The van der Waals surface area contributed by atoms with Gasteiger partial charge in [-0.15, -0.1) is 5.92 Å². The number of esters is 2. The summed E-state index contributed by atoms with van der Waals surface area (Å²) in [6.07, 6.45) is 13.3. The van der Waals surface area contributed by atoms with Crippen molar-refractivity contribution >= 4 is 39.4 Å². The van der Waals surface area contributed by atoms with Gasteiger partial charge in [-0.05, 0) is 194 Å². The number of hydrogen-bond acceptors (Lipinski definition) is 16. The molecular weight excluding hydrogens is 1130 g/mol. The summed E-state index contributed by atoms with van der Waals surface area (Å²) in [5, 5.41) is 79.5. The second-order valence-electron chi connectivity index (χ2n) is 28.9. The minimum Gasteiger partial charge on any atom is -0.508 e. The Bertz CT molecular complexity index is 2760. The molecule has 11 rings (SSSR count). The summed E-state index contributed by atoms with van der Waals surface area (Å²) < 4.78 is 20.9. The Labute approximate surface area is 518 Å². The molecule has 1 amide bonds. The summed E-state index contributed by atoms with van der Waals surface area (Å²) in [4.78, 5) is 43.5. The van der Waals surface area contributed by atoms with Gasteiger partial charge in [-0.3, -0.25) is 9.59 Å². The van der Waals surface area contributed by atoms with Gasteiger partial charge >= 0.3 is 11.9 Å². The molecule has 9 N–H and O–H groups in total. The molecule has 2 aromatic rings. The highest BCUT2D eigenvalue weighted by atomic mass is 33.1. The number of fused-ring (bicyclic) bond motifs is 5. The topological polar surface area (TPSA) is 236 Å². The van der Waals surface area contributed by atoms with Gasteiger partial charge in [0.1, 0.15) is 23.5 Å². The maximum Gasteiger partial charge on any atom is 0.332 e. The van der Waals surface area contributed by atoms with E-state index in [4.69, 9.17) is 14.2 Å². The van der Waals surface area contributed by atoms with Crippen LogP contribution in [-0.4, -0.2) is 135 Å². The quantitative estimate of drug-likeness (QED) is 0.0546. The van der Waals surface area contributed by atoms with Crippen LogP contribution in [0, 0.1) is 63.6 Å². The molecule has 0 unspecified atom stereocenters. The molecule has 16 atom stereocenters. The lowest BCUT2D eigenvalue weighted by Gasteiger charge is -2.56. The average molecular weight is 1230 g/mol. The van der Waals surface area contributed by atoms with Crippen LogP contribution in [0.1, 0.15) is 203 Å². The maximum atomic E-state index is 15.9. The SMILES string of the molecule is CC(=O)O[C@H]1C[C@@H](OC(=O)[C@@]23CCCC[C@@H]2CCC(=O)N3)C2(CCNCC2)[C@@H]2c3ccc(O)c4c3[C@H](C[C@@H]2C#CC[C@@H]2C[C@](C)(O)CSSC[C@@H](NC[C@H]3C[C@](C)(CCCO)CC[C@H]3c3ccc(O)cc3)[C@H](O)CC[C@@H]21)[C@H](C1(CO)CCCC1)CO4. The first-order chi connectivity index (χ1) is 41.4. The van der Waals surface area contributed by atoms with E-state index in [-0.39, 0.29) is 101 Å². The van der Waals surface area contributed by atoms with E-state index in [9.17, 15) is 40.2 Å². The number of carbonyl (C=O) groups excluding carboxylic acids is 3. The molecule has 4 aliphatic heterocycles. The molecule has 5 aliphatic carbocycles. The number of benzene rings is 2. The largest absolute Gasteiger partial charge is 0.508 e. The Morgan fingerprint density at radius 2 is 1.65 bits per heavy atom. The number of phenolic OH excluding ortho intramolecular Hbond substituents is 2. The molecule has 0 radical (unpaired) electrons. The van der Waals surface area contributed by atoms with Crippen LogP contribution in [0.25, 0.3) is 0 Å². The first kappa shape index (κ1) is 63.8. The van der Waals surface area contributed by atoms with Gasteiger partial charge in [-0.2, -0.15) is 0 Å². The van der Waals surface area contributed by atoms with Crippen molar-refractivity contribution in [1.82, 2.24) is 16.0 Å². The normalized spacial score (nSPS) is 37.9. The predicted molar refractivity (Wildman–Crippen MR) is 334 cm³/mol. The van der Waals surface area contributed by atoms with Crippen LogP contribution in [0.2, 0.25) is 0 Å². The number of hydrogen-bond donors (Lipinski definition) is 9. The molecule has 3 saturated heterocycles. The van der Waals surface area contributed by atoms with Crippen LogP contribution in [0.4, 0.5) is 0 Å². The summed E-state index contributed by atoms with van der Waals surface area (Å²) in [7, 11) is 3.26. The lowest BCUT2D eigenvalue weighted by Crippen LogP contribution is -2.65. The number of aliphatic hydroxyl groups is 4. The minimum absolute atomic E-state index is 0.0292. The Kier molecular flexibility index (Phi) is 20.0. The zero-order valence-corrected chi connectivity index (χ0v) is 53.0. The predicted octanol–water partition coefficient (Wildman–Crippen LogP) is 9.93. The maximum absolute atomic E-state index is 15.9. The number of piperidine rings is 2. The number of aromatic hydroxyl groups is 2. The van der Waals surface area contributed by atoms with Crippen molar-refractivity contribution in [2.24, 2.45) is 51.8 Å². The van der Waals surface area contributed by atoms with E-state index in [1.807, 2.05) is 19.1 Å². The number of ether oxygens (including phenoxy) is 3. The third-order valence-corrected chi connectivity index (χ3v) is 26.1. The molecule has 17 heteroatoms. The fraction of sp³-hybridized carbons (Fsp3) is 0.754. The van der Waals surface area contributed by atoms with E-state index in [0.717, 1.165) is 88.2 Å². The zero-order valence-electron chi connectivity index (χ0n) is 51.3. The standard InChI is InChI=1S/C69H99N3O12S2/c1-43(75)83-58-35-59(84-64(80)69-27-5-4-12-48(69)15-22-60(79)72-69)68(29-31-70-32-30-68)62-45(34-53-54(67(41-74)25-6-7-26-67)39-82-63-57(78)21-19-52(62)61(53)63)10-8-11-46-37-66(3,81)42-86-85-40-55(56(77)20-18-51(46)58)71-38-47-36-65(2,24-9-33-73)28-23-50(47)44-13-16-49(76)17-14-44/h13-14,16-17,19,21,45-48,50-51,53-56,58-59,62,70-71,73-74,76-78,81H,4-7,9,11-12,15,18,20,22-42H2,1-3H3,(H,72,79)/t45-,46+,47+,48+,50-,51-,53+,54+,55+,56+,58-,59+,62-,65+,66-,69+/m0/s1. The second kappa shape index (κ2) is 27.0. The first-order valence-corrected chi connectivity index (χ1v) is 35.6. The fourth-order valence-electron chi connectivity index (χ4n) is 19.1. The van der Waals surface area contributed by atoms with Gasteiger partial charge in [-0.1, -0.05) is 78.3 Å². The summed E-state index contributed by atoms with van der Waals surface area (Å²) in [6, 6.07) is 11.1. The highest BCUT2D eigenvalue weighted by molar-refractivity contribution is 8.76. The first-order valence-electron chi connectivity index (χ1n) is 33.2. The van der Waals surface area contributed by atoms with Gasteiger partial charge in [0.2, 0.25) is 5.91 Å². The molecule has 86 heavy (non-hydrogen) atoms. The van der Waals surface area contributed by atoms with E-state index in [1.54, 1.807) is 39.8 Å². The molecule has 474 valence electrons.